The van der Waals surface area contributed by atoms with Gasteiger partial charge in [-0.1, -0.05) is 17.7 Å². The first-order valence-corrected chi connectivity index (χ1v) is 8.86. The van der Waals surface area contributed by atoms with Crippen LogP contribution in [-0.2, 0) is 16.8 Å². The molecule has 0 aliphatic carbocycles. The van der Waals surface area contributed by atoms with Crippen LogP contribution < -0.4 is 9.46 Å². The number of aliphatic hydroxyl groups is 2. The Labute approximate surface area is 158 Å². The van der Waals surface area contributed by atoms with E-state index in [4.69, 9.17) is 16.3 Å². The smallest absolute Gasteiger partial charge is 0.296 e. The van der Waals surface area contributed by atoms with Crippen molar-refractivity contribution in [2.24, 2.45) is 0 Å². The second-order valence-corrected chi connectivity index (χ2v) is 6.97. The van der Waals surface area contributed by atoms with Gasteiger partial charge in [0.25, 0.3) is 12.2 Å². The number of nitrogens with zero attached hydrogens (tertiary/aromatic N) is 2. The van der Waals surface area contributed by atoms with Crippen LogP contribution in [0.1, 0.15) is 5.56 Å². The standard InChI is InChI=1S/C15H13ClF2N4O4S/c1-26-12-9(15(23,24)13(17)18)5-20-14(21-12)22-27(25)11-6-19-10-4-7(16)2-3-8(10)11/h2-6,13,19,23-24H,1H3,(H,20,21,22). The molecule has 0 aliphatic heterocycles. The third-order valence-electron chi connectivity index (χ3n) is 3.64. The molecule has 0 radical (unpaired) electrons. The Bertz CT molecular complexity index is 1010. The zero-order valence-corrected chi connectivity index (χ0v) is 15.2. The first-order chi connectivity index (χ1) is 12.7. The Kier molecular flexibility index (Phi) is 5.29. The predicted octanol–water partition coefficient (Wildman–Crippen LogP) is 2.16. The van der Waals surface area contributed by atoms with Crippen LogP contribution in [0.4, 0.5) is 14.7 Å². The van der Waals surface area contributed by atoms with Crippen molar-refractivity contribution in [2.45, 2.75) is 17.1 Å². The molecular formula is C15H13ClF2N4O4S. The molecule has 1 atom stereocenters. The Morgan fingerprint density at radius 1 is 1.41 bits per heavy atom. The SMILES string of the molecule is COc1nc(NS(=O)c2c[nH]c3cc(Cl)ccc23)ncc1C(O)(O)C(F)F. The molecular weight excluding hydrogens is 406 g/mol. The summed E-state index contributed by atoms with van der Waals surface area (Å²) in [6.07, 6.45) is -1.24. The number of halogens is 3. The van der Waals surface area contributed by atoms with Crippen LogP contribution in [0.5, 0.6) is 5.88 Å². The highest BCUT2D eigenvalue weighted by molar-refractivity contribution is 7.86. The number of H-pyrrole nitrogens is 1. The van der Waals surface area contributed by atoms with Gasteiger partial charge < -0.3 is 19.9 Å². The number of rotatable bonds is 6. The molecule has 27 heavy (non-hydrogen) atoms. The minimum atomic E-state index is -3.51. The monoisotopic (exact) mass is 418 g/mol. The molecule has 8 nitrogen and oxygen atoms in total. The summed E-state index contributed by atoms with van der Waals surface area (Å²) in [5, 5.41) is 20.1. The first-order valence-electron chi connectivity index (χ1n) is 7.33. The van der Waals surface area contributed by atoms with Gasteiger partial charge in [-0.05, 0) is 12.1 Å². The van der Waals surface area contributed by atoms with Gasteiger partial charge in [0.2, 0.25) is 11.8 Å². The van der Waals surface area contributed by atoms with Gasteiger partial charge in [-0.3, -0.25) is 4.72 Å². The van der Waals surface area contributed by atoms with Gasteiger partial charge in [-0.2, -0.15) is 4.98 Å². The maximum Gasteiger partial charge on any atom is 0.296 e. The second-order valence-electron chi connectivity index (χ2n) is 5.36. The van der Waals surface area contributed by atoms with Gasteiger partial charge in [0, 0.05) is 28.3 Å². The summed E-state index contributed by atoms with van der Waals surface area (Å²) in [5.74, 6) is -4.21. The second kappa shape index (κ2) is 7.35. The number of alkyl halides is 2. The van der Waals surface area contributed by atoms with Crippen LogP contribution in [0.2, 0.25) is 5.02 Å². The molecule has 3 aromatic rings. The molecule has 0 fully saturated rings. The molecule has 0 spiro atoms. The van der Waals surface area contributed by atoms with Crippen molar-refractivity contribution in [1.82, 2.24) is 15.0 Å². The fourth-order valence-electron chi connectivity index (χ4n) is 2.30. The van der Waals surface area contributed by atoms with Crippen molar-refractivity contribution in [3.05, 3.63) is 41.2 Å². The third-order valence-corrected chi connectivity index (χ3v) is 4.98. The van der Waals surface area contributed by atoms with E-state index >= 15 is 0 Å². The molecule has 0 saturated carbocycles. The van der Waals surface area contributed by atoms with Gasteiger partial charge >= 0.3 is 0 Å². The molecule has 4 N–H and O–H groups in total. The number of aromatic nitrogens is 3. The predicted molar refractivity (Wildman–Crippen MR) is 94.0 cm³/mol. The molecule has 2 aromatic heterocycles. The number of ether oxygens (including phenoxy) is 1. The average Bonchev–Trinajstić information content (AvgIpc) is 3.04. The number of fused-ring (bicyclic) bond motifs is 1. The van der Waals surface area contributed by atoms with Gasteiger partial charge in [-0.25, -0.2) is 18.0 Å². The van der Waals surface area contributed by atoms with E-state index in [9.17, 15) is 23.2 Å². The molecule has 0 aliphatic rings. The van der Waals surface area contributed by atoms with Crippen molar-refractivity contribution in [2.75, 3.05) is 11.8 Å². The van der Waals surface area contributed by atoms with E-state index in [1.165, 1.54) is 6.20 Å². The number of benzene rings is 1. The van der Waals surface area contributed by atoms with Crippen molar-refractivity contribution < 1.29 is 27.9 Å². The number of methoxy groups -OCH3 is 1. The molecule has 0 amide bonds. The largest absolute Gasteiger partial charge is 0.481 e. The molecule has 1 unspecified atom stereocenters. The van der Waals surface area contributed by atoms with E-state index in [-0.39, 0.29) is 5.95 Å². The topological polar surface area (TPSA) is 120 Å². The number of hydrogen-bond donors (Lipinski definition) is 4. The summed E-state index contributed by atoms with van der Waals surface area (Å²) in [5.41, 5.74) is -0.0538. The zero-order chi connectivity index (χ0) is 19.8. The van der Waals surface area contributed by atoms with Crippen molar-refractivity contribution in [3.8, 4) is 5.88 Å². The lowest BCUT2D eigenvalue weighted by molar-refractivity contribution is -0.249. The Balaban J connectivity index is 1.90. The highest BCUT2D eigenvalue weighted by Gasteiger charge is 2.41. The van der Waals surface area contributed by atoms with Gasteiger partial charge in [0.15, 0.2) is 11.0 Å². The van der Waals surface area contributed by atoms with Gasteiger partial charge in [0.1, 0.15) is 0 Å². The highest BCUT2D eigenvalue weighted by atomic mass is 35.5. The van der Waals surface area contributed by atoms with Crippen molar-refractivity contribution in [3.63, 3.8) is 0 Å². The maximum atomic E-state index is 12.8. The van der Waals surface area contributed by atoms with Crippen molar-refractivity contribution in [1.29, 1.82) is 0 Å². The van der Waals surface area contributed by atoms with Crippen LogP contribution in [0.25, 0.3) is 10.9 Å². The molecule has 0 bridgehead atoms. The number of nitrogens with one attached hydrogen (secondary N) is 2. The van der Waals surface area contributed by atoms with Gasteiger partial charge in [-0.15, -0.1) is 0 Å². The lowest BCUT2D eigenvalue weighted by Gasteiger charge is -2.22. The van der Waals surface area contributed by atoms with E-state index in [2.05, 4.69) is 19.7 Å². The van der Waals surface area contributed by atoms with E-state index in [0.29, 0.717) is 20.8 Å². The van der Waals surface area contributed by atoms with Crippen LogP contribution in [0.15, 0.2) is 35.5 Å². The fourth-order valence-corrected chi connectivity index (χ4v) is 3.39. The van der Waals surface area contributed by atoms with Gasteiger partial charge in [0.05, 0.1) is 17.6 Å². The lowest BCUT2D eigenvalue weighted by atomic mass is 10.1. The molecule has 1 aromatic carbocycles. The zero-order valence-electron chi connectivity index (χ0n) is 13.6. The number of hydrogen-bond acceptors (Lipinski definition) is 6. The van der Waals surface area contributed by atoms with Crippen LogP contribution in [-0.4, -0.2) is 42.9 Å². The third kappa shape index (κ3) is 3.72. The summed E-state index contributed by atoms with van der Waals surface area (Å²) in [6, 6.07) is 4.99. The molecule has 12 heteroatoms. The summed E-state index contributed by atoms with van der Waals surface area (Å²) in [7, 11) is -0.701. The summed E-state index contributed by atoms with van der Waals surface area (Å²) >= 11 is 5.90. The quantitative estimate of drug-likeness (QED) is 0.455. The summed E-state index contributed by atoms with van der Waals surface area (Å²) in [6.45, 7) is 0. The fraction of sp³-hybridized carbons (Fsp3) is 0.200. The lowest BCUT2D eigenvalue weighted by Crippen LogP contribution is -2.34. The average molecular weight is 419 g/mol. The maximum absolute atomic E-state index is 12.8. The van der Waals surface area contributed by atoms with Crippen LogP contribution >= 0.6 is 11.6 Å². The van der Waals surface area contributed by atoms with E-state index in [1.807, 2.05) is 0 Å². The summed E-state index contributed by atoms with van der Waals surface area (Å²) < 4.78 is 45.5. The van der Waals surface area contributed by atoms with E-state index < -0.39 is 34.6 Å². The first kappa shape index (κ1) is 19.4. The van der Waals surface area contributed by atoms with Crippen LogP contribution in [0, 0.1) is 0 Å². The molecule has 0 saturated heterocycles. The number of anilines is 1. The van der Waals surface area contributed by atoms with E-state index in [0.717, 1.165) is 13.3 Å². The summed E-state index contributed by atoms with van der Waals surface area (Å²) in [4.78, 5) is 10.8. The van der Waals surface area contributed by atoms with Crippen LogP contribution in [0.3, 0.4) is 0 Å². The minimum absolute atomic E-state index is 0.220. The Morgan fingerprint density at radius 2 is 2.15 bits per heavy atom. The van der Waals surface area contributed by atoms with Crippen molar-refractivity contribution >= 4 is 39.4 Å². The molecule has 3 rings (SSSR count). The highest BCUT2D eigenvalue weighted by Crippen LogP contribution is 2.32. The Morgan fingerprint density at radius 3 is 2.81 bits per heavy atom. The molecule has 144 valence electrons. The normalized spacial score (nSPS) is 13.1. The minimum Gasteiger partial charge on any atom is -0.481 e. The Hall–Kier alpha value is -2.34. The molecule has 2 heterocycles. The number of aromatic amines is 1. The van der Waals surface area contributed by atoms with E-state index in [1.54, 1.807) is 18.2 Å².